The molecule has 33 heavy (non-hydrogen) atoms. The lowest BCUT2D eigenvalue weighted by molar-refractivity contribution is -0.147. The maximum absolute atomic E-state index is 12.1. The van der Waals surface area contributed by atoms with Gasteiger partial charge in [-0.25, -0.2) is 4.79 Å². The number of carbonyl (C=O) groups excluding carboxylic acids is 4. The van der Waals surface area contributed by atoms with Crippen LogP contribution in [0.2, 0.25) is 5.02 Å². The Balaban J connectivity index is 1.72. The van der Waals surface area contributed by atoms with E-state index < -0.39 is 30.4 Å². The van der Waals surface area contributed by atoms with Crippen LogP contribution in [0.15, 0.2) is 42.5 Å². The minimum Gasteiger partial charge on any atom is -0.462 e. The molecule has 0 atom stereocenters. The van der Waals surface area contributed by atoms with Gasteiger partial charge in [-0.05, 0) is 49.2 Å². The molecule has 0 fully saturated rings. The van der Waals surface area contributed by atoms with Crippen LogP contribution in [0.25, 0.3) is 0 Å². The lowest BCUT2D eigenvalue weighted by Crippen LogP contribution is -2.21. The monoisotopic (exact) mass is 474 g/mol. The van der Waals surface area contributed by atoms with Crippen LogP contribution in [0.1, 0.15) is 48.5 Å². The zero-order valence-electron chi connectivity index (χ0n) is 18.6. The number of halogens is 1. The molecule has 2 rings (SSSR count). The Kier molecular flexibility index (Phi) is 10.4. The molecule has 0 aliphatic rings. The highest BCUT2D eigenvalue weighted by atomic mass is 35.5. The van der Waals surface area contributed by atoms with E-state index >= 15 is 0 Å². The first-order valence-electron chi connectivity index (χ1n) is 10.6. The third-order valence-electron chi connectivity index (χ3n) is 4.49. The van der Waals surface area contributed by atoms with Crippen LogP contribution in [0.3, 0.4) is 0 Å². The number of aryl methyl sites for hydroxylation is 1. The summed E-state index contributed by atoms with van der Waals surface area (Å²) in [4.78, 5) is 47.9. The Bertz CT molecular complexity index is 1010. The van der Waals surface area contributed by atoms with Gasteiger partial charge in [0.2, 0.25) is 5.91 Å². The third kappa shape index (κ3) is 9.33. The first-order chi connectivity index (χ1) is 15.8. The highest BCUT2D eigenvalue weighted by molar-refractivity contribution is 6.31. The fourth-order valence-corrected chi connectivity index (χ4v) is 2.82. The number of nitrogens with one attached hydrogen (secondary N) is 2. The summed E-state index contributed by atoms with van der Waals surface area (Å²) < 4.78 is 10.1. The van der Waals surface area contributed by atoms with Crippen molar-refractivity contribution in [3.8, 4) is 0 Å². The van der Waals surface area contributed by atoms with Crippen molar-refractivity contribution in [2.75, 3.05) is 23.8 Å². The number of benzene rings is 2. The molecule has 0 unspecified atom stereocenters. The molecular weight excluding hydrogens is 448 g/mol. The first kappa shape index (κ1) is 25.9. The van der Waals surface area contributed by atoms with Crippen molar-refractivity contribution in [1.29, 1.82) is 0 Å². The number of unbranched alkanes of at least 4 members (excludes halogenated alkanes) is 1. The van der Waals surface area contributed by atoms with Crippen molar-refractivity contribution >= 4 is 46.7 Å². The Hall–Kier alpha value is -3.39. The van der Waals surface area contributed by atoms with Gasteiger partial charge in [0.1, 0.15) is 0 Å². The van der Waals surface area contributed by atoms with Gasteiger partial charge in [0.05, 0.1) is 18.6 Å². The molecule has 0 spiro atoms. The highest BCUT2D eigenvalue weighted by Gasteiger charge is 2.13. The van der Waals surface area contributed by atoms with Crippen LogP contribution < -0.4 is 10.6 Å². The van der Waals surface area contributed by atoms with Crippen molar-refractivity contribution in [3.05, 3.63) is 58.6 Å². The molecule has 8 nitrogen and oxygen atoms in total. The second-order valence-electron chi connectivity index (χ2n) is 7.29. The number of amides is 2. The van der Waals surface area contributed by atoms with Crippen LogP contribution in [-0.2, 0) is 23.9 Å². The van der Waals surface area contributed by atoms with E-state index in [1.54, 1.807) is 36.4 Å². The van der Waals surface area contributed by atoms with Gasteiger partial charge in [-0.15, -0.1) is 0 Å². The molecule has 0 saturated heterocycles. The maximum atomic E-state index is 12.1. The Morgan fingerprint density at radius 1 is 0.909 bits per heavy atom. The predicted octanol–water partition coefficient (Wildman–Crippen LogP) is 4.51. The molecule has 0 heterocycles. The number of esters is 2. The molecule has 0 aliphatic heterocycles. The van der Waals surface area contributed by atoms with Crippen molar-refractivity contribution in [2.45, 2.75) is 39.5 Å². The molecule has 0 aliphatic carbocycles. The van der Waals surface area contributed by atoms with E-state index in [-0.39, 0.29) is 12.8 Å². The summed E-state index contributed by atoms with van der Waals surface area (Å²) in [5.74, 6) is -2.10. The Morgan fingerprint density at radius 2 is 1.64 bits per heavy atom. The predicted molar refractivity (Wildman–Crippen MR) is 125 cm³/mol. The van der Waals surface area contributed by atoms with Gasteiger partial charge in [-0.1, -0.05) is 37.1 Å². The molecule has 0 aromatic heterocycles. The quantitative estimate of drug-likeness (QED) is 0.366. The molecule has 2 N–H and O–H groups in total. The number of hydrogen-bond acceptors (Lipinski definition) is 6. The molecule has 2 amide bonds. The number of carbonyl (C=O) groups is 4. The summed E-state index contributed by atoms with van der Waals surface area (Å²) in [7, 11) is 0. The summed E-state index contributed by atoms with van der Waals surface area (Å²) in [5, 5.41) is 5.71. The average Bonchev–Trinajstić information content (AvgIpc) is 2.79. The fourth-order valence-electron chi connectivity index (χ4n) is 2.64. The average molecular weight is 475 g/mol. The SMILES string of the molecule is CCCCOC(=O)c1cccc(NC(=O)CCC(=O)OCC(=O)Nc2ccc(C)c(Cl)c2)c1. The number of rotatable bonds is 11. The summed E-state index contributed by atoms with van der Waals surface area (Å²) in [6, 6.07) is 11.4. The summed E-state index contributed by atoms with van der Waals surface area (Å²) in [6.07, 6.45) is 1.35. The van der Waals surface area contributed by atoms with Crippen molar-refractivity contribution in [3.63, 3.8) is 0 Å². The van der Waals surface area contributed by atoms with Gasteiger partial charge in [0.25, 0.3) is 5.91 Å². The Labute approximate surface area is 197 Å². The van der Waals surface area contributed by atoms with E-state index in [0.717, 1.165) is 18.4 Å². The minimum atomic E-state index is -0.685. The van der Waals surface area contributed by atoms with Crippen LogP contribution in [0, 0.1) is 6.92 Å². The first-order valence-corrected chi connectivity index (χ1v) is 10.9. The van der Waals surface area contributed by atoms with Gasteiger partial charge >= 0.3 is 11.9 Å². The number of hydrogen-bond donors (Lipinski definition) is 2. The number of anilines is 2. The molecule has 0 radical (unpaired) electrons. The molecule has 2 aromatic carbocycles. The number of ether oxygens (including phenoxy) is 2. The maximum Gasteiger partial charge on any atom is 0.338 e. The normalized spacial score (nSPS) is 10.3. The second-order valence-corrected chi connectivity index (χ2v) is 7.70. The van der Waals surface area contributed by atoms with Gasteiger partial charge < -0.3 is 20.1 Å². The summed E-state index contributed by atoms with van der Waals surface area (Å²) in [6.45, 7) is 3.69. The van der Waals surface area contributed by atoms with Gasteiger partial charge in [-0.3, -0.25) is 14.4 Å². The van der Waals surface area contributed by atoms with Crippen LogP contribution in [0.5, 0.6) is 0 Å². The summed E-state index contributed by atoms with van der Waals surface area (Å²) in [5.41, 5.74) is 2.10. The van der Waals surface area contributed by atoms with E-state index in [4.69, 9.17) is 21.1 Å². The molecular formula is C24H27ClN2O6. The van der Waals surface area contributed by atoms with Crippen LogP contribution >= 0.6 is 11.6 Å². The van der Waals surface area contributed by atoms with Gasteiger partial charge in [-0.2, -0.15) is 0 Å². The summed E-state index contributed by atoms with van der Waals surface area (Å²) >= 11 is 6.01. The van der Waals surface area contributed by atoms with Gasteiger partial charge in [0, 0.05) is 22.8 Å². The largest absolute Gasteiger partial charge is 0.462 e. The standard InChI is InChI=1S/C24H27ClN2O6/c1-3-4-12-32-24(31)17-6-5-7-18(13-17)26-21(28)10-11-23(30)33-15-22(29)27-19-9-8-16(2)20(25)14-19/h5-9,13-14H,3-4,10-12,15H2,1-2H3,(H,26,28)(H,27,29). The molecule has 9 heteroatoms. The Morgan fingerprint density at radius 3 is 2.36 bits per heavy atom. The van der Waals surface area contributed by atoms with E-state index in [9.17, 15) is 19.2 Å². The van der Waals surface area contributed by atoms with Crippen molar-refractivity contribution in [1.82, 2.24) is 0 Å². The van der Waals surface area contributed by atoms with Crippen molar-refractivity contribution < 1.29 is 28.7 Å². The third-order valence-corrected chi connectivity index (χ3v) is 4.90. The van der Waals surface area contributed by atoms with E-state index in [1.807, 2.05) is 13.8 Å². The zero-order valence-corrected chi connectivity index (χ0v) is 19.4. The van der Waals surface area contributed by atoms with Crippen molar-refractivity contribution in [2.24, 2.45) is 0 Å². The lowest BCUT2D eigenvalue weighted by atomic mass is 10.2. The molecule has 2 aromatic rings. The van der Waals surface area contributed by atoms with E-state index in [1.165, 1.54) is 6.07 Å². The molecule has 0 saturated carbocycles. The van der Waals surface area contributed by atoms with Crippen LogP contribution in [-0.4, -0.2) is 37.0 Å². The zero-order chi connectivity index (χ0) is 24.2. The molecule has 0 bridgehead atoms. The van der Waals surface area contributed by atoms with Crippen LogP contribution in [0.4, 0.5) is 11.4 Å². The van der Waals surface area contributed by atoms with E-state index in [2.05, 4.69) is 10.6 Å². The topological polar surface area (TPSA) is 111 Å². The minimum absolute atomic E-state index is 0.140. The fraction of sp³-hybridized carbons (Fsp3) is 0.333. The smallest absolute Gasteiger partial charge is 0.338 e. The van der Waals surface area contributed by atoms with Gasteiger partial charge in [0.15, 0.2) is 6.61 Å². The lowest BCUT2D eigenvalue weighted by Gasteiger charge is -2.09. The second kappa shape index (κ2) is 13.2. The van der Waals surface area contributed by atoms with E-state index in [0.29, 0.717) is 28.6 Å². The highest BCUT2D eigenvalue weighted by Crippen LogP contribution is 2.20. The molecule has 176 valence electrons.